The molecular formula is C22H18F3N3O3. The highest BCUT2D eigenvalue weighted by Crippen LogP contribution is 2.43. The summed E-state index contributed by atoms with van der Waals surface area (Å²) in [5, 5.41) is 0. The van der Waals surface area contributed by atoms with Crippen LogP contribution in [-0.4, -0.2) is 15.9 Å². The molecule has 1 atom stereocenters. The number of primary amides is 1. The van der Waals surface area contributed by atoms with E-state index in [2.05, 4.69) is 4.98 Å². The van der Waals surface area contributed by atoms with Gasteiger partial charge in [0.2, 0.25) is 0 Å². The highest BCUT2D eigenvalue weighted by atomic mass is 19.4. The number of benzene rings is 1. The minimum Gasteiger partial charge on any atom is -0.485 e. The number of nitrogens with zero attached hydrogens (tertiary/aromatic N) is 1. The maximum atomic E-state index is 13.5. The fourth-order valence-electron chi connectivity index (χ4n) is 3.40. The number of carbonyl (C=O) groups is 1. The van der Waals surface area contributed by atoms with E-state index < -0.39 is 28.9 Å². The Balaban J connectivity index is 1.67. The summed E-state index contributed by atoms with van der Waals surface area (Å²) in [5.41, 5.74) is 2.88. The molecule has 1 unspecified atom stereocenters. The number of halogens is 3. The zero-order valence-electron chi connectivity index (χ0n) is 16.1. The van der Waals surface area contributed by atoms with Gasteiger partial charge in [-0.15, -0.1) is 0 Å². The highest BCUT2D eigenvalue weighted by Gasteiger charge is 2.36. The maximum Gasteiger partial charge on any atom is 0.431 e. The SMILES string of the molecule is NC(=O)c1cc(-c2ccc(OC(c3cccnc3)C3CC3)cc2)c(C(F)(F)F)[nH]c1=O. The van der Waals surface area contributed by atoms with E-state index in [9.17, 15) is 22.8 Å². The molecule has 2 heterocycles. The topological polar surface area (TPSA) is 98.1 Å². The number of hydrogen-bond donors (Lipinski definition) is 2. The van der Waals surface area contributed by atoms with Crippen molar-refractivity contribution in [3.63, 3.8) is 0 Å². The van der Waals surface area contributed by atoms with E-state index in [-0.39, 0.29) is 17.2 Å². The zero-order chi connectivity index (χ0) is 22.2. The summed E-state index contributed by atoms with van der Waals surface area (Å²) < 4.78 is 46.5. The lowest BCUT2D eigenvalue weighted by molar-refractivity contribution is -0.140. The second-order valence-corrected chi connectivity index (χ2v) is 7.35. The number of nitrogens with two attached hydrogens (primary N) is 1. The molecule has 1 fully saturated rings. The van der Waals surface area contributed by atoms with Crippen molar-refractivity contribution >= 4 is 5.91 Å². The summed E-state index contributed by atoms with van der Waals surface area (Å²) in [4.78, 5) is 29.1. The summed E-state index contributed by atoms with van der Waals surface area (Å²) in [6, 6.07) is 10.6. The molecule has 1 aliphatic carbocycles. The number of nitrogens with one attached hydrogen (secondary N) is 1. The maximum absolute atomic E-state index is 13.5. The smallest absolute Gasteiger partial charge is 0.431 e. The molecule has 0 spiro atoms. The van der Waals surface area contributed by atoms with Gasteiger partial charge in [-0.3, -0.25) is 14.6 Å². The van der Waals surface area contributed by atoms with E-state index in [1.165, 1.54) is 12.1 Å². The molecule has 1 aliphatic rings. The quantitative estimate of drug-likeness (QED) is 0.617. The molecule has 0 aliphatic heterocycles. The van der Waals surface area contributed by atoms with Crippen LogP contribution in [0.25, 0.3) is 11.1 Å². The first kappa shape index (κ1) is 20.6. The van der Waals surface area contributed by atoms with Crippen LogP contribution in [0.3, 0.4) is 0 Å². The molecule has 6 nitrogen and oxygen atoms in total. The number of alkyl halides is 3. The Labute approximate surface area is 174 Å². The zero-order valence-corrected chi connectivity index (χ0v) is 16.1. The van der Waals surface area contributed by atoms with E-state index in [4.69, 9.17) is 10.5 Å². The van der Waals surface area contributed by atoms with Crippen molar-refractivity contribution in [3.05, 3.63) is 82.0 Å². The second-order valence-electron chi connectivity index (χ2n) is 7.35. The van der Waals surface area contributed by atoms with Crippen LogP contribution >= 0.6 is 0 Å². The lowest BCUT2D eigenvalue weighted by Crippen LogP contribution is -2.27. The largest absolute Gasteiger partial charge is 0.485 e. The van der Waals surface area contributed by atoms with Gasteiger partial charge in [-0.05, 0) is 42.7 Å². The first-order chi connectivity index (χ1) is 14.7. The van der Waals surface area contributed by atoms with Crippen molar-refractivity contribution in [2.75, 3.05) is 0 Å². The van der Waals surface area contributed by atoms with Crippen LogP contribution < -0.4 is 16.0 Å². The predicted octanol–water partition coefficient (Wildman–Crippen LogP) is 4.08. The molecule has 1 amide bonds. The van der Waals surface area contributed by atoms with Crippen LogP contribution in [0.1, 0.15) is 40.6 Å². The Morgan fingerprint density at radius 3 is 2.45 bits per heavy atom. The Morgan fingerprint density at radius 1 is 1.19 bits per heavy atom. The lowest BCUT2D eigenvalue weighted by Gasteiger charge is -2.19. The number of aromatic nitrogens is 2. The van der Waals surface area contributed by atoms with Crippen molar-refractivity contribution in [2.24, 2.45) is 11.7 Å². The summed E-state index contributed by atoms with van der Waals surface area (Å²) in [7, 11) is 0. The van der Waals surface area contributed by atoms with Gasteiger partial charge < -0.3 is 15.5 Å². The minimum absolute atomic E-state index is 0.155. The molecule has 3 aromatic rings. The number of rotatable bonds is 6. The van der Waals surface area contributed by atoms with E-state index in [0.29, 0.717) is 11.7 Å². The highest BCUT2D eigenvalue weighted by molar-refractivity contribution is 5.94. The molecule has 9 heteroatoms. The first-order valence-electron chi connectivity index (χ1n) is 9.55. The molecule has 0 saturated heterocycles. The Hall–Kier alpha value is -3.62. The van der Waals surface area contributed by atoms with E-state index in [0.717, 1.165) is 24.5 Å². The van der Waals surface area contributed by atoms with Gasteiger partial charge in [0.1, 0.15) is 23.1 Å². The molecule has 160 valence electrons. The van der Waals surface area contributed by atoms with Gasteiger partial charge in [0, 0.05) is 29.4 Å². The van der Waals surface area contributed by atoms with Crippen molar-refractivity contribution in [1.82, 2.24) is 9.97 Å². The third-order valence-electron chi connectivity index (χ3n) is 5.08. The number of carbonyl (C=O) groups excluding carboxylic acids is 1. The van der Waals surface area contributed by atoms with Crippen LogP contribution in [0.4, 0.5) is 13.2 Å². The molecule has 3 N–H and O–H groups in total. The van der Waals surface area contributed by atoms with Gasteiger partial charge in [-0.1, -0.05) is 18.2 Å². The van der Waals surface area contributed by atoms with E-state index in [1.807, 2.05) is 12.1 Å². The van der Waals surface area contributed by atoms with Crippen LogP contribution in [0, 0.1) is 5.92 Å². The number of H-pyrrole nitrogens is 1. The van der Waals surface area contributed by atoms with Gasteiger partial charge in [0.15, 0.2) is 0 Å². The fraction of sp³-hybridized carbons (Fsp3) is 0.227. The first-order valence-corrected chi connectivity index (χ1v) is 9.55. The van der Waals surface area contributed by atoms with Crippen molar-refractivity contribution in [1.29, 1.82) is 0 Å². The van der Waals surface area contributed by atoms with Crippen molar-refractivity contribution in [2.45, 2.75) is 25.1 Å². The molecule has 1 saturated carbocycles. The summed E-state index contributed by atoms with van der Waals surface area (Å²) in [6.07, 6.45) is 0.445. The summed E-state index contributed by atoms with van der Waals surface area (Å²) in [6.45, 7) is 0. The molecular weight excluding hydrogens is 411 g/mol. The van der Waals surface area contributed by atoms with Crippen molar-refractivity contribution < 1.29 is 22.7 Å². The fourth-order valence-corrected chi connectivity index (χ4v) is 3.40. The monoisotopic (exact) mass is 429 g/mol. The van der Waals surface area contributed by atoms with Gasteiger partial charge >= 0.3 is 6.18 Å². The minimum atomic E-state index is -4.82. The molecule has 0 radical (unpaired) electrons. The number of amides is 1. The van der Waals surface area contributed by atoms with Crippen LogP contribution in [0.2, 0.25) is 0 Å². The number of ether oxygens (including phenoxy) is 1. The predicted molar refractivity (Wildman–Crippen MR) is 106 cm³/mol. The molecule has 4 rings (SSSR count). The Morgan fingerprint density at radius 2 is 1.90 bits per heavy atom. The number of hydrogen-bond acceptors (Lipinski definition) is 4. The van der Waals surface area contributed by atoms with Crippen LogP contribution in [0.5, 0.6) is 5.75 Å². The summed E-state index contributed by atoms with van der Waals surface area (Å²) in [5.74, 6) is -0.268. The normalized spacial score (nSPS) is 14.8. The second kappa shape index (κ2) is 7.90. The van der Waals surface area contributed by atoms with Gasteiger partial charge in [-0.2, -0.15) is 13.2 Å². The third-order valence-corrected chi connectivity index (χ3v) is 5.08. The third kappa shape index (κ3) is 4.45. The van der Waals surface area contributed by atoms with Crippen LogP contribution in [-0.2, 0) is 6.18 Å². The Bertz CT molecular complexity index is 1150. The summed E-state index contributed by atoms with van der Waals surface area (Å²) >= 11 is 0. The average molecular weight is 429 g/mol. The van der Waals surface area contributed by atoms with Gasteiger partial charge in [-0.25, -0.2) is 0 Å². The molecule has 1 aromatic carbocycles. The standard InChI is InChI=1S/C22H18F3N3O3/c23-22(24,25)19-16(10-17(20(26)29)21(30)28-19)12-5-7-15(8-6-12)31-18(13-3-4-13)14-2-1-9-27-11-14/h1-2,5-11,13,18H,3-4H2,(H2,26,29)(H,28,30). The van der Waals surface area contributed by atoms with Crippen molar-refractivity contribution in [3.8, 4) is 16.9 Å². The molecule has 31 heavy (non-hydrogen) atoms. The van der Waals surface area contributed by atoms with Gasteiger partial charge in [0.25, 0.3) is 11.5 Å². The lowest BCUT2D eigenvalue weighted by atomic mass is 10.0. The van der Waals surface area contributed by atoms with E-state index in [1.54, 1.807) is 29.5 Å². The molecule has 2 aromatic heterocycles. The number of aromatic amines is 1. The average Bonchev–Trinajstić information content (AvgIpc) is 3.57. The van der Waals surface area contributed by atoms with Gasteiger partial charge in [0.05, 0.1) is 0 Å². The van der Waals surface area contributed by atoms with E-state index >= 15 is 0 Å². The van der Waals surface area contributed by atoms with Crippen LogP contribution in [0.15, 0.2) is 59.7 Å². The number of pyridine rings is 2. The molecule has 0 bridgehead atoms. The Kier molecular flexibility index (Phi) is 5.26.